The number of hydrogen-bond donors (Lipinski definition) is 3. The van der Waals surface area contributed by atoms with E-state index in [0.29, 0.717) is 19.4 Å². The van der Waals surface area contributed by atoms with Gasteiger partial charge in [-0.25, -0.2) is 4.79 Å². The Morgan fingerprint density at radius 1 is 1.38 bits per heavy atom. The maximum absolute atomic E-state index is 10.8. The van der Waals surface area contributed by atoms with Gasteiger partial charge in [0.15, 0.2) is 0 Å². The summed E-state index contributed by atoms with van der Waals surface area (Å²) in [5.74, 6) is 1.36. The van der Waals surface area contributed by atoms with Crippen LogP contribution in [0.4, 0.5) is 4.79 Å². The highest BCUT2D eigenvalue weighted by Gasteiger charge is 2.00. The lowest BCUT2D eigenvalue weighted by Gasteiger charge is -2.03. The molecule has 72 valence electrons. The minimum atomic E-state index is -1.07. The predicted octanol–water partition coefficient (Wildman–Crippen LogP) is -0.216. The largest absolute Gasteiger partial charge is 0.480 e. The minimum Gasteiger partial charge on any atom is -0.480 e. The lowest BCUT2D eigenvalue weighted by molar-refractivity contribution is -0.135. The SMILES string of the molecule is C#CCCCNC(=O)NCC(=O)O. The van der Waals surface area contributed by atoms with Crippen molar-refractivity contribution in [1.82, 2.24) is 10.6 Å². The van der Waals surface area contributed by atoms with Gasteiger partial charge >= 0.3 is 12.0 Å². The Labute approximate surface area is 76.5 Å². The fraction of sp³-hybridized carbons (Fsp3) is 0.500. The Balaban J connectivity index is 3.31. The lowest BCUT2D eigenvalue weighted by Crippen LogP contribution is -2.38. The Morgan fingerprint density at radius 2 is 2.08 bits per heavy atom. The zero-order chi connectivity index (χ0) is 10.1. The molecule has 5 nitrogen and oxygen atoms in total. The normalized spacial score (nSPS) is 8.54. The summed E-state index contributed by atoms with van der Waals surface area (Å²) in [7, 11) is 0. The number of amides is 2. The van der Waals surface area contributed by atoms with Crippen molar-refractivity contribution in [2.75, 3.05) is 13.1 Å². The average Bonchev–Trinajstić information content (AvgIpc) is 2.09. The number of carbonyl (C=O) groups is 2. The van der Waals surface area contributed by atoms with E-state index >= 15 is 0 Å². The van der Waals surface area contributed by atoms with E-state index in [1.807, 2.05) is 0 Å². The molecule has 0 aliphatic heterocycles. The van der Waals surface area contributed by atoms with Crippen LogP contribution in [-0.4, -0.2) is 30.2 Å². The molecular weight excluding hydrogens is 172 g/mol. The number of terminal acetylenes is 1. The van der Waals surface area contributed by atoms with Gasteiger partial charge in [-0.05, 0) is 6.42 Å². The summed E-state index contributed by atoms with van der Waals surface area (Å²) in [6.45, 7) is 0.0800. The van der Waals surface area contributed by atoms with Crippen LogP contribution in [-0.2, 0) is 4.79 Å². The summed E-state index contributed by atoms with van der Waals surface area (Å²) >= 11 is 0. The van der Waals surface area contributed by atoms with Crippen molar-refractivity contribution in [3.63, 3.8) is 0 Å². The van der Waals surface area contributed by atoms with Crippen molar-refractivity contribution in [3.8, 4) is 12.3 Å². The zero-order valence-electron chi connectivity index (χ0n) is 7.17. The van der Waals surface area contributed by atoms with E-state index in [-0.39, 0.29) is 6.54 Å². The Bertz CT molecular complexity index is 220. The van der Waals surface area contributed by atoms with Crippen molar-refractivity contribution in [1.29, 1.82) is 0 Å². The summed E-state index contributed by atoms with van der Waals surface area (Å²) < 4.78 is 0. The van der Waals surface area contributed by atoms with Crippen molar-refractivity contribution in [3.05, 3.63) is 0 Å². The number of carboxylic acids is 1. The molecule has 0 unspecified atom stereocenters. The van der Waals surface area contributed by atoms with E-state index in [9.17, 15) is 9.59 Å². The lowest BCUT2D eigenvalue weighted by atomic mass is 10.3. The molecule has 0 aliphatic rings. The average molecular weight is 184 g/mol. The third kappa shape index (κ3) is 8.20. The number of carboxylic acid groups (broad SMARTS) is 1. The van der Waals surface area contributed by atoms with Crippen LogP contribution >= 0.6 is 0 Å². The maximum Gasteiger partial charge on any atom is 0.323 e. The Morgan fingerprint density at radius 3 is 2.62 bits per heavy atom. The van der Waals surface area contributed by atoms with E-state index in [2.05, 4.69) is 16.6 Å². The number of aliphatic carboxylic acids is 1. The highest BCUT2D eigenvalue weighted by Crippen LogP contribution is 1.81. The van der Waals surface area contributed by atoms with E-state index in [4.69, 9.17) is 11.5 Å². The summed E-state index contributed by atoms with van der Waals surface area (Å²) in [6, 6.07) is -0.487. The van der Waals surface area contributed by atoms with E-state index < -0.39 is 12.0 Å². The number of urea groups is 1. The molecule has 5 heteroatoms. The maximum atomic E-state index is 10.8. The van der Waals surface area contributed by atoms with Crippen LogP contribution in [0.3, 0.4) is 0 Å². The van der Waals surface area contributed by atoms with Gasteiger partial charge < -0.3 is 15.7 Å². The molecule has 0 radical (unpaired) electrons. The van der Waals surface area contributed by atoms with Gasteiger partial charge in [0.25, 0.3) is 0 Å². The second-order valence-electron chi connectivity index (χ2n) is 2.31. The number of carbonyl (C=O) groups excluding carboxylic acids is 1. The third-order valence-electron chi connectivity index (χ3n) is 1.18. The van der Waals surface area contributed by atoms with Crippen LogP contribution < -0.4 is 10.6 Å². The summed E-state index contributed by atoms with van der Waals surface area (Å²) in [5, 5.41) is 12.8. The molecule has 0 aromatic rings. The van der Waals surface area contributed by atoms with Gasteiger partial charge in [-0.3, -0.25) is 4.79 Å². The summed E-state index contributed by atoms with van der Waals surface area (Å²) in [5.41, 5.74) is 0. The Hall–Kier alpha value is -1.70. The van der Waals surface area contributed by atoms with E-state index in [1.165, 1.54) is 0 Å². The first-order chi connectivity index (χ1) is 6.16. The first-order valence-electron chi connectivity index (χ1n) is 3.83. The van der Waals surface area contributed by atoms with E-state index in [0.717, 1.165) is 0 Å². The molecule has 0 aliphatic carbocycles. The highest BCUT2D eigenvalue weighted by atomic mass is 16.4. The molecule has 0 atom stereocenters. The smallest absolute Gasteiger partial charge is 0.323 e. The molecule has 0 rings (SSSR count). The van der Waals surface area contributed by atoms with Crippen LogP contribution in [0.1, 0.15) is 12.8 Å². The van der Waals surface area contributed by atoms with Crippen molar-refractivity contribution >= 4 is 12.0 Å². The Kier molecular flexibility index (Phi) is 6.06. The second kappa shape index (κ2) is 6.98. The van der Waals surface area contributed by atoms with Crippen molar-refractivity contribution in [2.45, 2.75) is 12.8 Å². The van der Waals surface area contributed by atoms with Gasteiger partial charge in [-0.1, -0.05) is 0 Å². The zero-order valence-corrected chi connectivity index (χ0v) is 7.17. The summed E-state index contributed by atoms with van der Waals surface area (Å²) in [6.07, 6.45) is 6.28. The van der Waals surface area contributed by atoms with Crippen molar-refractivity contribution < 1.29 is 14.7 Å². The first-order valence-corrected chi connectivity index (χ1v) is 3.83. The fourth-order valence-electron chi connectivity index (χ4n) is 0.611. The molecule has 0 heterocycles. The summed E-state index contributed by atoms with van der Waals surface area (Å²) in [4.78, 5) is 20.8. The number of hydrogen-bond acceptors (Lipinski definition) is 2. The monoisotopic (exact) mass is 184 g/mol. The topological polar surface area (TPSA) is 78.4 Å². The van der Waals surface area contributed by atoms with Crippen LogP contribution in [0, 0.1) is 12.3 Å². The number of nitrogens with one attached hydrogen (secondary N) is 2. The minimum absolute atomic E-state index is 0.374. The van der Waals surface area contributed by atoms with Gasteiger partial charge in [-0.2, -0.15) is 0 Å². The van der Waals surface area contributed by atoms with Gasteiger partial charge in [0.1, 0.15) is 6.54 Å². The number of unbranched alkanes of at least 4 members (excludes halogenated alkanes) is 1. The standard InChI is InChI=1S/C8H12N2O3/c1-2-3-4-5-9-8(13)10-6-7(11)12/h1H,3-6H2,(H,11,12)(H2,9,10,13). The van der Waals surface area contributed by atoms with E-state index in [1.54, 1.807) is 0 Å². The van der Waals surface area contributed by atoms with Crippen molar-refractivity contribution in [2.24, 2.45) is 0 Å². The van der Waals surface area contributed by atoms with Gasteiger partial charge in [0.2, 0.25) is 0 Å². The molecule has 0 aromatic carbocycles. The van der Waals surface area contributed by atoms with Gasteiger partial charge in [0, 0.05) is 13.0 Å². The van der Waals surface area contributed by atoms with Crippen LogP contribution in [0.15, 0.2) is 0 Å². The highest BCUT2D eigenvalue weighted by molar-refractivity contribution is 5.79. The van der Waals surface area contributed by atoms with Crippen LogP contribution in [0.5, 0.6) is 0 Å². The third-order valence-corrected chi connectivity index (χ3v) is 1.18. The number of rotatable bonds is 5. The quantitative estimate of drug-likeness (QED) is 0.408. The van der Waals surface area contributed by atoms with Gasteiger partial charge in [0.05, 0.1) is 0 Å². The predicted molar refractivity (Wildman–Crippen MR) is 47.1 cm³/mol. The molecular formula is C8H12N2O3. The molecule has 13 heavy (non-hydrogen) atoms. The molecule has 0 saturated heterocycles. The molecule has 0 saturated carbocycles. The molecule has 3 N–H and O–H groups in total. The van der Waals surface area contributed by atoms with Crippen LogP contribution in [0.25, 0.3) is 0 Å². The molecule has 0 fully saturated rings. The fourth-order valence-corrected chi connectivity index (χ4v) is 0.611. The molecule has 2 amide bonds. The van der Waals surface area contributed by atoms with Gasteiger partial charge in [-0.15, -0.1) is 12.3 Å². The first kappa shape index (κ1) is 11.3. The second-order valence-corrected chi connectivity index (χ2v) is 2.31. The van der Waals surface area contributed by atoms with Crippen LogP contribution in [0.2, 0.25) is 0 Å². The molecule has 0 spiro atoms. The molecule has 0 aromatic heterocycles. The molecule has 0 bridgehead atoms.